The molecule has 0 aliphatic rings. The summed E-state index contributed by atoms with van der Waals surface area (Å²) in [6.07, 6.45) is 2.03. The number of carboxylic acids is 1. The zero-order chi connectivity index (χ0) is 10.6. The Morgan fingerprint density at radius 3 is 2.64 bits per heavy atom. The van der Waals surface area contributed by atoms with Gasteiger partial charge in [0.05, 0.1) is 0 Å². The Labute approximate surface area is 79.5 Å². The highest BCUT2D eigenvalue weighted by Crippen LogP contribution is 2.04. The van der Waals surface area contributed by atoms with E-state index in [0.29, 0.717) is 5.56 Å². The molecule has 0 spiro atoms. The summed E-state index contributed by atoms with van der Waals surface area (Å²) in [5.41, 5.74) is 0.416. The first-order valence-corrected chi connectivity index (χ1v) is 3.78. The Hall–Kier alpha value is -1.97. The van der Waals surface area contributed by atoms with Crippen LogP contribution < -0.4 is 5.11 Å². The highest BCUT2D eigenvalue weighted by Gasteiger charge is 1.96. The molecule has 0 unspecified atom stereocenters. The second-order valence-corrected chi connectivity index (χ2v) is 2.54. The number of ketones is 1. The smallest absolute Gasteiger partial charge is 0.201 e. The largest absolute Gasteiger partial charge is 0.541 e. The van der Waals surface area contributed by atoms with E-state index in [-0.39, 0.29) is 0 Å². The fourth-order valence-electron chi connectivity index (χ4n) is 0.850. The standard InChI is InChI=1S/C10H7FO3/c11-8-3-1-2-7(6-8)4-5-9(12)10(13)14/h1-6H,(H,13,14)/p-1/b5-4+. The SMILES string of the molecule is O=C([O-])C(=O)/C=C/c1cccc(F)c1. The van der Waals surface area contributed by atoms with Crippen molar-refractivity contribution >= 4 is 17.8 Å². The summed E-state index contributed by atoms with van der Waals surface area (Å²) in [4.78, 5) is 20.6. The van der Waals surface area contributed by atoms with Gasteiger partial charge in [-0.2, -0.15) is 0 Å². The van der Waals surface area contributed by atoms with Gasteiger partial charge in [0, 0.05) is 0 Å². The Kier molecular flexibility index (Phi) is 3.12. The first kappa shape index (κ1) is 10.1. The summed E-state index contributed by atoms with van der Waals surface area (Å²) in [6, 6.07) is 5.43. The first-order valence-electron chi connectivity index (χ1n) is 3.78. The molecule has 0 radical (unpaired) electrons. The number of benzene rings is 1. The van der Waals surface area contributed by atoms with E-state index in [1.165, 1.54) is 24.3 Å². The minimum Gasteiger partial charge on any atom is -0.541 e. The molecular weight excluding hydrogens is 187 g/mol. The summed E-state index contributed by atoms with van der Waals surface area (Å²) in [7, 11) is 0. The Morgan fingerprint density at radius 1 is 1.36 bits per heavy atom. The highest BCUT2D eigenvalue weighted by atomic mass is 19.1. The maximum atomic E-state index is 12.6. The molecule has 0 aromatic heterocycles. The van der Waals surface area contributed by atoms with Crippen LogP contribution in [0.4, 0.5) is 4.39 Å². The highest BCUT2D eigenvalue weighted by molar-refractivity contribution is 6.37. The normalized spacial score (nSPS) is 10.4. The van der Waals surface area contributed by atoms with Crippen molar-refractivity contribution < 1.29 is 19.1 Å². The van der Waals surface area contributed by atoms with Gasteiger partial charge < -0.3 is 9.90 Å². The van der Waals surface area contributed by atoms with E-state index in [0.717, 1.165) is 6.08 Å². The second kappa shape index (κ2) is 4.32. The van der Waals surface area contributed by atoms with Gasteiger partial charge in [-0.1, -0.05) is 18.2 Å². The summed E-state index contributed by atoms with van der Waals surface area (Å²) >= 11 is 0. The zero-order valence-corrected chi connectivity index (χ0v) is 7.07. The van der Waals surface area contributed by atoms with Gasteiger partial charge in [-0.3, -0.25) is 4.79 Å². The van der Waals surface area contributed by atoms with Crippen molar-refractivity contribution in [3.05, 3.63) is 41.7 Å². The predicted octanol–water partition coefficient (Wildman–Crippen LogP) is 0.158. The molecule has 72 valence electrons. The molecule has 1 rings (SSSR count). The molecule has 0 bridgehead atoms. The average molecular weight is 193 g/mol. The van der Waals surface area contributed by atoms with Gasteiger partial charge in [-0.25, -0.2) is 4.39 Å². The Morgan fingerprint density at radius 2 is 2.07 bits per heavy atom. The van der Waals surface area contributed by atoms with Gasteiger partial charge in [0.15, 0.2) is 0 Å². The van der Waals surface area contributed by atoms with E-state index >= 15 is 0 Å². The topological polar surface area (TPSA) is 57.2 Å². The average Bonchev–Trinajstić information content (AvgIpc) is 2.14. The second-order valence-electron chi connectivity index (χ2n) is 2.54. The van der Waals surface area contributed by atoms with Crippen LogP contribution in [0.1, 0.15) is 5.56 Å². The maximum Gasteiger partial charge on any atom is 0.201 e. The molecule has 1 aromatic carbocycles. The van der Waals surface area contributed by atoms with Gasteiger partial charge in [-0.05, 0) is 23.8 Å². The molecule has 0 saturated carbocycles. The van der Waals surface area contributed by atoms with Gasteiger partial charge in [0.2, 0.25) is 5.78 Å². The lowest BCUT2D eigenvalue weighted by molar-refractivity contribution is -0.299. The monoisotopic (exact) mass is 193 g/mol. The molecule has 0 heterocycles. The third kappa shape index (κ3) is 2.82. The van der Waals surface area contributed by atoms with Crippen LogP contribution in [0.5, 0.6) is 0 Å². The minimum absolute atomic E-state index is 0.416. The summed E-state index contributed by atoms with van der Waals surface area (Å²) in [5, 5.41) is 10.0. The lowest BCUT2D eigenvalue weighted by Gasteiger charge is -1.94. The van der Waals surface area contributed by atoms with Crippen LogP contribution in [0.3, 0.4) is 0 Å². The molecule has 0 amide bonds. The third-order valence-electron chi connectivity index (χ3n) is 1.48. The van der Waals surface area contributed by atoms with Crippen LogP contribution in [-0.2, 0) is 9.59 Å². The van der Waals surface area contributed by atoms with Crippen molar-refractivity contribution in [1.29, 1.82) is 0 Å². The van der Waals surface area contributed by atoms with Gasteiger partial charge >= 0.3 is 0 Å². The van der Waals surface area contributed by atoms with Gasteiger partial charge in [0.25, 0.3) is 0 Å². The lowest BCUT2D eigenvalue weighted by Crippen LogP contribution is -2.29. The number of hydrogen-bond acceptors (Lipinski definition) is 3. The van der Waals surface area contributed by atoms with Crippen molar-refractivity contribution in [2.24, 2.45) is 0 Å². The van der Waals surface area contributed by atoms with Crippen LogP contribution in [-0.4, -0.2) is 11.8 Å². The minimum atomic E-state index is -1.78. The maximum absolute atomic E-state index is 12.6. The van der Waals surface area contributed by atoms with E-state index in [9.17, 15) is 19.1 Å². The van der Waals surface area contributed by atoms with Crippen molar-refractivity contribution in [2.45, 2.75) is 0 Å². The van der Waals surface area contributed by atoms with Gasteiger partial charge in [-0.15, -0.1) is 0 Å². The van der Waals surface area contributed by atoms with Crippen LogP contribution in [0, 0.1) is 5.82 Å². The number of hydrogen-bond donors (Lipinski definition) is 0. The van der Waals surface area contributed by atoms with Crippen molar-refractivity contribution in [3.8, 4) is 0 Å². The summed E-state index contributed by atoms with van der Waals surface area (Å²) in [6.45, 7) is 0. The molecule has 1 aromatic rings. The number of carbonyl (C=O) groups is 2. The lowest BCUT2D eigenvalue weighted by atomic mass is 10.2. The number of aliphatic carboxylic acids is 1. The predicted molar refractivity (Wildman–Crippen MR) is 45.4 cm³/mol. The molecule has 0 fully saturated rings. The summed E-state index contributed by atoms with van der Waals surface area (Å²) < 4.78 is 12.6. The van der Waals surface area contributed by atoms with Crippen LogP contribution in [0.2, 0.25) is 0 Å². The molecule has 0 aliphatic heterocycles. The van der Waals surface area contributed by atoms with Crippen LogP contribution in [0.15, 0.2) is 30.3 Å². The van der Waals surface area contributed by atoms with Crippen molar-refractivity contribution in [1.82, 2.24) is 0 Å². The fraction of sp³-hybridized carbons (Fsp3) is 0. The number of rotatable bonds is 3. The fourth-order valence-corrected chi connectivity index (χ4v) is 0.850. The summed E-state index contributed by atoms with van der Waals surface area (Å²) in [5.74, 6) is -3.38. The number of halogens is 1. The van der Waals surface area contributed by atoms with E-state index < -0.39 is 17.6 Å². The molecule has 0 saturated heterocycles. The van der Waals surface area contributed by atoms with E-state index in [1.54, 1.807) is 6.07 Å². The van der Waals surface area contributed by atoms with Crippen molar-refractivity contribution in [2.75, 3.05) is 0 Å². The van der Waals surface area contributed by atoms with E-state index in [2.05, 4.69) is 0 Å². The first-order chi connectivity index (χ1) is 6.59. The molecule has 0 N–H and O–H groups in total. The third-order valence-corrected chi connectivity index (χ3v) is 1.48. The number of carboxylic acid groups (broad SMARTS) is 1. The molecule has 3 nitrogen and oxygen atoms in total. The molecular formula is C10H6FO3-. The quantitative estimate of drug-likeness (QED) is 0.507. The molecule has 4 heteroatoms. The zero-order valence-electron chi connectivity index (χ0n) is 7.07. The Bertz CT molecular complexity index is 396. The molecule has 14 heavy (non-hydrogen) atoms. The number of carbonyl (C=O) groups excluding carboxylic acids is 2. The van der Waals surface area contributed by atoms with Gasteiger partial charge in [0.1, 0.15) is 11.8 Å². The molecule has 0 aliphatic carbocycles. The van der Waals surface area contributed by atoms with E-state index in [4.69, 9.17) is 0 Å². The molecule has 0 atom stereocenters. The van der Waals surface area contributed by atoms with Crippen LogP contribution in [0.25, 0.3) is 6.08 Å². The van der Waals surface area contributed by atoms with E-state index in [1.807, 2.05) is 0 Å². The van der Waals surface area contributed by atoms with Crippen LogP contribution >= 0.6 is 0 Å². The Balaban J connectivity index is 2.79. The van der Waals surface area contributed by atoms with Crippen molar-refractivity contribution in [3.63, 3.8) is 0 Å².